The average molecular weight is 389 g/mol. The zero-order chi connectivity index (χ0) is 3.41. The van der Waals surface area contributed by atoms with E-state index < -0.39 is 0 Å². The molecule has 0 aromatic rings. The predicted octanol–water partition coefficient (Wildman–Crippen LogP) is 0.491. The van der Waals surface area contributed by atoms with Gasteiger partial charge in [-0.15, -0.1) is 15.9 Å². The molecule has 0 atom stereocenters. The molecule has 0 saturated heterocycles. The third-order valence-electron chi connectivity index (χ3n) is 0.0546. The Kier molecular flexibility index (Phi) is 19.6. The van der Waals surface area contributed by atoms with Crippen LogP contribution in [0.1, 0.15) is 0 Å². The molecule has 0 rings (SSSR count). The fourth-order valence-corrected chi connectivity index (χ4v) is 0. The Labute approximate surface area is 33.1 Å². The van der Waals surface area contributed by atoms with Crippen LogP contribution in [0.5, 0.6) is 0 Å². The fraction of sp³-hybridized carbons (Fsp3) is 0.500. The van der Waals surface area contributed by atoms with Gasteiger partial charge in [0.2, 0.25) is 0 Å². The van der Waals surface area contributed by atoms with E-state index in [0.29, 0.717) is 5.33 Å². The van der Waals surface area contributed by atoms with E-state index in [1.165, 1.54) is 0 Å². The first-order chi connectivity index (χ1) is 1.91. The van der Waals surface area contributed by atoms with Gasteiger partial charge in [-0.2, -0.15) is 0 Å². The molecule has 0 aliphatic rings. The Morgan fingerprint density at radius 1 is 1.80 bits per heavy atom. The predicted molar refractivity (Wildman–Crippen MR) is 19.5 cm³/mol. The molecular weight excluding hydrogens is 387 g/mol. The monoisotopic (exact) mass is 388 g/mol. The van der Waals surface area contributed by atoms with Gasteiger partial charge in [0.1, 0.15) is 0 Å². The second-order valence-electron chi connectivity index (χ2n) is 0.278. The van der Waals surface area contributed by atoms with Crippen molar-refractivity contribution in [2.75, 3.05) is 5.33 Å². The minimum absolute atomic E-state index is 0. The molecule has 0 heterocycles. The third kappa shape index (κ3) is 185. The van der Waals surface area contributed by atoms with Crippen LogP contribution >= 0.6 is 15.9 Å². The van der Waals surface area contributed by atoms with Crippen LogP contribution in [0.4, 0.5) is 0 Å². The first-order valence-electron chi connectivity index (χ1n) is 0.825. The second-order valence-corrected chi connectivity index (χ2v) is 0.839. The van der Waals surface area contributed by atoms with Crippen molar-refractivity contribution in [1.29, 1.82) is 0 Å². The summed E-state index contributed by atoms with van der Waals surface area (Å²) in [5.74, 6) is 0. The van der Waals surface area contributed by atoms with Crippen molar-refractivity contribution in [3.05, 3.63) is 0 Å². The molecule has 0 saturated carbocycles. The van der Waals surface area contributed by atoms with Crippen molar-refractivity contribution in [3.63, 3.8) is 0 Å². The number of rotatable bonds is 1. The summed E-state index contributed by atoms with van der Waals surface area (Å²) in [6.07, 6.45) is 1.60. The number of halogens is 1. The summed E-state index contributed by atoms with van der Waals surface area (Å²) in [5, 5.41) is 0.326. The largest absolute Gasteiger partial charge is 0.541 e. The summed E-state index contributed by atoms with van der Waals surface area (Å²) < 4.78 is 0. The van der Waals surface area contributed by atoms with Gasteiger partial charge in [0.15, 0.2) is 0 Å². The number of hydrogen-bond donors (Lipinski definition) is 0. The summed E-state index contributed by atoms with van der Waals surface area (Å²) in [5.41, 5.74) is 0. The van der Waals surface area contributed by atoms with Crippen molar-refractivity contribution in [2.45, 2.75) is 0 Å². The molecule has 0 N–H and O–H groups in total. The fourth-order valence-electron chi connectivity index (χ4n) is 0. The van der Waals surface area contributed by atoms with Gasteiger partial charge in [0.25, 0.3) is 0 Å². The molecule has 0 aliphatic carbocycles. The average Bonchev–Trinajstić information content (AvgIpc) is 1.37. The minimum Gasteiger partial charge on any atom is -0.541 e. The normalized spacial score (nSPS) is 5.00. The van der Waals surface area contributed by atoms with E-state index in [4.69, 9.17) is 4.79 Å². The van der Waals surface area contributed by atoms with Crippen LogP contribution in [0.3, 0.4) is 0 Å². The van der Waals surface area contributed by atoms with E-state index in [1.54, 1.807) is 6.29 Å². The zero-order valence-electron chi connectivity index (χ0n) is 2.70. The number of carbonyl (C=O) groups excluding carboxylic acids is 1. The molecule has 0 bridgehead atoms. The van der Waals surface area contributed by atoms with E-state index in [2.05, 4.69) is 15.9 Å². The molecule has 26 valence electrons. The summed E-state index contributed by atoms with van der Waals surface area (Å²) in [6, 6.07) is 0. The van der Waals surface area contributed by atoms with Crippen molar-refractivity contribution < 1.29 is 4.79 Å². The quantitative estimate of drug-likeness (QED) is 0.472. The van der Waals surface area contributed by atoms with Gasteiger partial charge < -0.3 is 4.79 Å². The topological polar surface area (TPSA) is 17.1 Å². The smallest absolute Gasteiger partial charge is 0 e. The van der Waals surface area contributed by atoms with Crippen LogP contribution in [0, 0.1) is 0 Å². The Morgan fingerprint density at radius 2 is 2.00 bits per heavy atom. The summed E-state index contributed by atoms with van der Waals surface area (Å²) in [6.45, 7) is 0. The van der Waals surface area contributed by atoms with E-state index in [-0.39, 0.29) is 0 Å². The third-order valence-corrected chi connectivity index (χ3v) is 0.283. The Hall–Kier alpha value is -0.850. The molecule has 5 heavy (non-hydrogen) atoms. The summed E-state index contributed by atoms with van der Waals surface area (Å²) in [4.78, 5) is 9.00. The molecule has 0 fully saturated rings. The molecule has 0 aromatic carbocycles. The van der Waals surface area contributed by atoms with E-state index in [1.807, 2.05) is 0 Å². The van der Waals surface area contributed by atoms with E-state index >= 15 is 0 Å². The van der Waals surface area contributed by atoms with Gasteiger partial charge in [0.05, 0.1) is 0 Å². The number of hydrogen-bond acceptors (Lipinski definition) is 1. The molecular formula is C2H2BrORf-. The van der Waals surface area contributed by atoms with Crippen LogP contribution < -0.4 is 0 Å². The van der Waals surface area contributed by atoms with E-state index in [9.17, 15) is 0 Å². The first kappa shape index (κ1) is 8.91. The van der Waals surface area contributed by atoms with E-state index in [0.717, 1.165) is 0 Å². The molecule has 0 spiro atoms. The maximum absolute atomic E-state index is 9.00. The van der Waals surface area contributed by atoms with Crippen LogP contribution in [-0.4, -0.2) is 11.6 Å². The number of alkyl halides is 1. The van der Waals surface area contributed by atoms with Gasteiger partial charge in [-0.3, -0.25) is 6.29 Å². The van der Waals surface area contributed by atoms with Crippen LogP contribution in [-0.2, 0) is 4.79 Å². The van der Waals surface area contributed by atoms with Gasteiger partial charge >= 0.3 is 0 Å². The molecule has 1 nitrogen and oxygen atoms in total. The van der Waals surface area contributed by atoms with Gasteiger partial charge in [-0.05, 0) is 0 Å². The standard InChI is InChI=1S/C2H2BrO.Rf/c3-1-2-4;/h1H2;/q-1;. The van der Waals surface area contributed by atoms with Crippen molar-refractivity contribution in [2.24, 2.45) is 0 Å². The molecule has 0 amide bonds. The Morgan fingerprint density at radius 3 is 2.00 bits per heavy atom. The van der Waals surface area contributed by atoms with Crippen LogP contribution in [0.2, 0.25) is 0 Å². The second kappa shape index (κ2) is 11.0. The first-order valence-corrected chi connectivity index (χ1v) is 1.95. The van der Waals surface area contributed by atoms with Gasteiger partial charge in [0, 0.05) is 0 Å². The molecule has 3 heteroatoms. The molecule has 0 radical (unpaired) electrons. The Balaban J connectivity index is 0. The van der Waals surface area contributed by atoms with Crippen LogP contribution in [0.25, 0.3) is 0 Å². The van der Waals surface area contributed by atoms with Crippen molar-refractivity contribution in [1.82, 2.24) is 0 Å². The summed E-state index contributed by atoms with van der Waals surface area (Å²) >= 11 is 2.82. The SMILES string of the molecule is O=[C-]CBr.[Rf]. The van der Waals surface area contributed by atoms with Crippen molar-refractivity contribution in [3.8, 4) is 0 Å². The maximum atomic E-state index is 9.00. The molecule has 0 aromatic heterocycles. The van der Waals surface area contributed by atoms with Crippen molar-refractivity contribution >= 4 is 22.2 Å². The molecule has 0 unspecified atom stereocenters. The molecule has 0 aliphatic heterocycles. The minimum atomic E-state index is 0. The maximum Gasteiger partial charge on any atom is 0 e. The van der Waals surface area contributed by atoms with Crippen LogP contribution in [0.15, 0.2) is 0 Å². The zero-order valence-corrected chi connectivity index (χ0v) is 10.7. The van der Waals surface area contributed by atoms with Gasteiger partial charge in [-0.25, -0.2) is 0 Å². The van der Waals surface area contributed by atoms with Gasteiger partial charge in [-0.1, -0.05) is 5.33 Å². The Bertz CT molecular complexity index is 23.6. The summed E-state index contributed by atoms with van der Waals surface area (Å²) in [7, 11) is 0.